The lowest BCUT2D eigenvalue weighted by molar-refractivity contribution is -0.140. The van der Waals surface area contributed by atoms with Crippen LogP contribution in [-0.2, 0) is 26.9 Å². The lowest BCUT2D eigenvalue weighted by atomic mass is 10.1. The summed E-state index contributed by atoms with van der Waals surface area (Å²) in [5.74, 6) is -0.211. The van der Waals surface area contributed by atoms with Crippen molar-refractivity contribution in [2.75, 3.05) is 18.1 Å². The fourth-order valence-corrected chi connectivity index (χ4v) is 1.72. The van der Waals surface area contributed by atoms with Crippen LogP contribution in [0.15, 0.2) is 24.3 Å². The molecule has 4 nitrogen and oxygen atoms in total. The number of nitrogens with one attached hydrogen (secondary N) is 1. The van der Waals surface area contributed by atoms with Gasteiger partial charge in [-0.25, -0.2) is 4.21 Å². The molecule has 0 amide bonds. The van der Waals surface area contributed by atoms with Gasteiger partial charge in [-0.2, -0.15) is 0 Å². The summed E-state index contributed by atoms with van der Waals surface area (Å²) in [5.41, 5.74) is 1.86. The van der Waals surface area contributed by atoms with Crippen LogP contribution < -0.4 is 4.72 Å². The fourth-order valence-electron chi connectivity index (χ4n) is 1.25. The molecule has 0 saturated carbocycles. The monoisotopic (exact) mass is 241 g/mol. The first-order chi connectivity index (χ1) is 7.61. The third-order valence-electron chi connectivity index (χ3n) is 2.06. The SMILES string of the molecule is COC(=O)CCc1ccc(NS(C)=O)cc1. The summed E-state index contributed by atoms with van der Waals surface area (Å²) in [4.78, 5) is 10.9. The van der Waals surface area contributed by atoms with Crippen LogP contribution in [0.3, 0.4) is 0 Å². The van der Waals surface area contributed by atoms with Gasteiger partial charge in [-0.05, 0) is 24.1 Å². The Morgan fingerprint density at radius 2 is 2.00 bits per heavy atom. The fraction of sp³-hybridized carbons (Fsp3) is 0.364. The number of anilines is 1. The molecule has 0 aliphatic rings. The van der Waals surface area contributed by atoms with Crippen LogP contribution in [0.4, 0.5) is 5.69 Å². The zero-order valence-electron chi connectivity index (χ0n) is 9.36. The smallest absolute Gasteiger partial charge is 0.305 e. The van der Waals surface area contributed by atoms with Gasteiger partial charge in [-0.3, -0.25) is 4.79 Å². The molecule has 1 rings (SSSR count). The van der Waals surface area contributed by atoms with Crippen molar-refractivity contribution in [2.24, 2.45) is 0 Å². The average molecular weight is 241 g/mol. The predicted octanol–water partition coefficient (Wildman–Crippen LogP) is 1.50. The van der Waals surface area contributed by atoms with E-state index in [1.165, 1.54) is 7.11 Å². The molecule has 0 spiro atoms. The summed E-state index contributed by atoms with van der Waals surface area (Å²) >= 11 is 0. The van der Waals surface area contributed by atoms with Gasteiger partial charge in [-0.15, -0.1) is 0 Å². The predicted molar refractivity (Wildman–Crippen MR) is 64.5 cm³/mol. The van der Waals surface area contributed by atoms with Crippen LogP contribution in [0.1, 0.15) is 12.0 Å². The van der Waals surface area contributed by atoms with E-state index in [1.807, 2.05) is 24.3 Å². The van der Waals surface area contributed by atoms with E-state index in [2.05, 4.69) is 9.46 Å². The molecular weight excluding hydrogens is 226 g/mol. The molecule has 1 aromatic rings. The highest BCUT2D eigenvalue weighted by Crippen LogP contribution is 2.11. The number of hydrogen-bond donors (Lipinski definition) is 1. The number of benzene rings is 1. The second-order valence-electron chi connectivity index (χ2n) is 3.33. The van der Waals surface area contributed by atoms with E-state index in [9.17, 15) is 9.00 Å². The summed E-state index contributed by atoms with van der Waals surface area (Å²) in [7, 11) is 0.321. The molecule has 1 atom stereocenters. The van der Waals surface area contributed by atoms with Gasteiger partial charge in [-0.1, -0.05) is 12.1 Å². The molecular formula is C11H15NO3S. The molecule has 0 aliphatic heterocycles. The zero-order valence-corrected chi connectivity index (χ0v) is 10.2. The van der Waals surface area contributed by atoms with Crippen molar-refractivity contribution in [3.05, 3.63) is 29.8 Å². The molecule has 16 heavy (non-hydrogen) atoms. The Kier molecular flexibility index (Phi) is 4.98. The maximum Gasteiger partial charge on any atom is 0.305 e. The molecule has 0 fully saturated rings. The van der Waals surface area contributed by atoms with Gasteiger partial charge in [0.05, 0.1) is 7.11 Å². The highest BCUT2D eigenvalue weighted by molar-refractivity contribution is 7.85. The van der Waals surface area contributed by atoms with E-state index in [0.29, 0.717) is 12.8 Å². The van der Waals surface area contributed by atoms with Crippen LogP contribution in [0.25, 0.3) is 0 Å². The van der Waals surface area contributed by atoms with Crippen LogP contribution in [0, 0.1) is 0 Å². The average Bonchev–Trinajstić information content (AvgIpc) is 2.27. The van der Waals surface area contributed by atoms with Gasteiger partial charge in [0.15, 0.2) is 0 Å². The molecule has 1 aromatic carbocycles. The summed E-state index contributed by atoms with van der Waals surface area (Å²) in [5, 5.41) is 0. The standard InChI is InChI=1S/C11H15NO3S/c1-15-11(13)8-5-9-3-6-10(7-4-9)12-16(2)14/h3-4,6-7,12H,5,8H2,1-2H3. The van der Waals surface area contributed by atoms with Crippen molar-refractivity contribution in [3.8, 4) is 0 Å². The number of carbonyl (C=O) groups excluding carboxylic acids is 1. The summed E-state index contributed by atoms with van der Waals surface area (Å²) in [6.07, 6.45) is 2.61. The van der Waals surface area contributed by atoms with Gasteiger partial charge in [0.2, 0.25) is 0 Å². The van der Waals surface area contributed by atoms with Gasteiger partial charge in [0.25, 0.3) is 0 Å². The van der Waals surface area contributed by atoms with Crippen LogP contribution in [-0.4, -0.2) is 23.5 Å². The maximum absolute atomic E-state index is 10.9. The molecule has 1 N–H and O–H groups in total. The van der Waals surface area contributed by atoms with E-state index in [-0.39, 0.29) is 5.97 Å². The highest BCUT2D eigenvalue weighted by Gasteiger charge is 2.01. The molecule has 0 aromatic heterocycles. The minimum Gasteiger partial charge on any atom is -0.469 e. The van der Waals surface area contributed by atoms with Crippen molar-refractivity contribution in [1.29, 1.82) is 0 Å². The molecule has 1 unspecified atom stereocenters. The topological polar surface area (TPSA) is 55.4 Å². The Balaban J connectivity index is 2.51. The summed E-state index contributed by atoms with van der Waals surface area (Å²) < 4.78 is 18.2. The van der Waals surface area contributed by atoms with E-state index in [0.717, 1.165) is 11.3 Å². The third kappa shape index (κ3) is 4.44. The first kappa shape index (κ1) is 12.7. The molecule has 0 bridgehead atoms. The summed E-state index contributed by atoms with van der Waals surface area (Å²) in [6.45, 7) is 0. The van der Waals surface area contributed by atoms with Crippen molar-refractivity contribution < 1.29 is 13.7 Å². The molecule has 88 valence electrons. The Bertz CT molecular complexity index is 375. The van der Waals surface area contributed by atoms with Gasteiger partial charge in [0, 0.05) is 18.4 Å². The first-order valence-corrected chi connectivity index (χ1v) is 6.43. The number of aryl methyl sites for hydroxylation is 1. The Morgan fingerprint density at radius 3 is 2.50 bits per heavy atom. The minimum atomic E-state index is -1.06. The molecule has 0 saturated heterocycles. The van der Waals surface area contributed by atoms with E-state index in [1.54, 1.807) is 6.26 Å². The van der Waals surface area contributed by atoms with Crippen molar-refractivity contribution in [1.82, 2.24) is 0 Å². The Morgan fingerprint density at radius 1 is 1.38 bits per heavy atom. The Hall–Kier alpha value is -1.36. The quantitative estimate of drug-likeness (QED) is 0.795. The lowest BCUT2D eigenvalue weighted by Gasteiger charge is -2.04. The summed E-state index contributed by atoms with van der Waals surface area (Å²) in [6, 6.07) is 7.48. The Labute approximate surface area is 97.6 Å². The second kappa shape index (κ2) is 6.27. The van der Waals surface area contributed by atoms with Crippen LogP contribution in [0.5, 0.6) is 0 Å². The van der Waals surface area contributed by atoms with Crippen molar-refractivity contribution in [3.63, 3.8) is 0 Å². The van der Waals surface area contributed by atoms with Gasteiger partial charge >= 0.3 is 5.97 Å². The van der Waals surface area contributed by atoms with Crippen molar-refractivity contribution in [2.45, 2.75) is 12.8 Å². The number of carbonyl (C=O) groups is 1. The van der Waals surface area contributed by atoms with Crippen LogP contribution >= 0.6 is 0 Å². The maximum atomic E-state index is 10.9. The number of rotatable bonds is 5. The minimum absolute atomic E-state index is 0.211. The number of methoxy groups -OCH3 is 1. The highest BCUT2D eigenvalue weighted by atomic mass is 32.2. The zero-order chi connectivity index (χ0) is 12.0. The lowest BCUT2D eigenvalue weighted by Crippen LogP contribution is -2.03. The third-order valence-corrected chi connectivity index (χ3v) is 2.58. The number of esters is 1. The van der Waals surface area contributed by atoms with Gasteiger partial charge < -0.3 is 9.46 Å². The molecule has 0 aliphatic carbocycles. The number of ether oxygens (including phenoxy) is 1. The number of hydrogen-bond acceptors (Lipinski definition) is 3. The van der Waals surface area contributed by atoms with Gasteiger partial charge in [0.1, 0.15) is 11.0 Å². The molecule has 0 heterocycles. The van der Waals surface area contributed by atoms with E-state index in [4.69, 9.17) is 0 Å². The first-order valence-electron chi connectivity index (χ1n) is 4.87. The molecule has 0 radical (unpaired) electrons. The molecule has 5 heteroatoms. The van der Waals surface area contributed by atoms with Crippen molar-refractivity contribution >= 4 is 22.6 Å². The van der Waals surface area contributed by atoms with E-state index < -0.39 is 11.0 Å². The second-order valence-corrected chi connectivity index (χ2v) is 4.44. The van der Waals surface area contributed by atoms with Crippen LogP contribution in [0.2, 0.25) is 0 Å². The largest absolute Gasteiger partial charge is 0.469 e. The van der Waals surface area contributed by atoms with E-state index >= 15 is 0 Å². The normalized spacial score (nSPS) is 11.9.